The Balaban J connectivity index is 1.79. The summed E-state index contributed by atoms with van der Waals surface area (Å²) in [7, 11) is -2.78. The van der Waals surface area contributed by atoms with Crippen LogP contribution in [0.5, 0.6) is 11.5 Å². The van der Waals surface area contributed by atoms with Gasteiger partial charge in [0.05, 0.1) is 18.3 Å². The molecule has 0 aliphatic heterocycles. The van der Waals surface area contributed by atoms with E-state index >= 15 is 0 Å². The maximum Gasteiger partial charge on any atom is 0.339 e. The number of hydrazone groups is 1. The highest BCUT2D eigenvalue weighted by Gasteiger charge is 2.22. The predicted octanol–water partition coefficient (Wildman–Crippen LogP) is 4.84. The van der Waals surface area contributed by atoms with Crippen molar-refractivity contribution in [2.45, 2.75) is 11.8 Å². The fraction of sp³-hybridized carbons (Fsp3) is 0.0909. The van der Waals surface area contributed by atoms with Crippen LogP contribution in [-0.2, 0) is 10.1 Å². The lowest BCUT2D eigenvalue weighted by Crippen LogP contribution is -2.17. The molecule has 7 nitrogen and oxygen atoms in total. The summed E-state index contributed by atoms with van der Waals surface area (Å²) >= 11 is 12.1. The van der Waals surface area contributed by atoms with Crippen molar-refractivity contribution < 1.29 is 22.1 Å². The predicted molar refractivity (Wildman–Crippen MR) is 124 cm³/mol. The van der Waals surface area contributed by atoms with Gasteiger partial charge in [-0.15, -0.1) is 0 Å². The molecule has 10 heteroatoms. The summed E-state index contributed by atoms with van der Waals surface area (Å²) in [5, 5.41) is 4.30. The van der Waals surface area contributed by atoms with Gasteiger partial charge in [0.15, 0.2) is 5.75 Å². The van der Waals surface area contributed by atoms with E-state index in [-0.39, 0.29) is 21.4 Å². The first-order valence-electron chi connectivity index (χ1n) is 9.17. The third-order valence-electron chi connectivity index (χ3n) is 4.22. The van der Waals surface area contributed by atoms with E-state index in [9.17, 15) is 13.2 Å². The normalized spacial score (nSPS) is 11.4. The second kappa shape index (κ2) is 10.0. The zero-order chi connectivity index (χ0) is 23.3. The summed E-state index contributed by atoms with van der Waals surface area (Å²) in [6.45, 7) is 1.84. The van der Waals surface area contributed by atoms with E-state index in [4.69, 9.17) is 32.1 Å². The van der Waals surface area contributed by atoms with Crippen molar-refractivity contribution in [3.63, 3.8) is 0 Å². The Bertz CT molecular complexity index is 1280. The molecule has 3 rings (SSSR count). The minimum Gasteiger partial charge on any atom is -0.493 e. The second-order valence-electron chi connectivity index (χ2n) is 6.59. The number of carbonyl (C=O) groups is 1. The second-order valence-corrected chi connectivity index (χ2v) is 8.98. The number of carbonyl (C=O) groups excluding carboxylic acids is 1. The first-order chi connectivity index (χ1) is 15.2. The Morgan fingerprint density at radius 2 is 1.78 bits per heavy atom. The Kier molecular flexibility index (Phi) is 7.40. The van der Waals surface area contributed by atoms with E-state index in [1.165, 1.54) is 43.7 Å². The van der Waals surface area contributed by atoms with Gasteiger partial charge in [0, 0.05) is 10.6 Å². The number of nitrogens with zero attached hydrogens (tertiary/aromatic N) is 1. The van der Waals surface area contributed by atoms with E-state index in [1.54, 1.807) is 30.3 Å². The van der Waals surface area contributed by atoms with Crippen LogP contribution in [0.4, 0.5) is 0 Å². The molecule has 3 aromatic carbocycles. The van der Waals surface area contributed by atoms with Crippen LogP contribution < -0.4 is 14.3 Å². The van der Waals surface area contributed by atoms with Crippen molar-refractivity contribution in [2.24, 2.45) is 5.10 Å². The van der Waals surface area contributed by atoms with Crippen LogP contribution in [0.2, 0.25) is 10.0 Å². The first kappa shape index (κ1) is 23.6. The fourth-order valence-electron chi connectivity index (χ4n) is 2.62. The lowest BCUT2D eigenvalue weighted by atomic mass is 10.2. The fourth-order valence-corrected chi connectivity index (χ4v) is 4.07. The highest BCUT2D eigenvalue weighted by molar-refractivity contribution is 7.87. The lowest BCUT2D eigenvalue weighted by molar-refractivity contribution is 0.0955. The number of ether oxygens (including phenoxy) is 1. The SMILES string of the molecule is COc1cc(/C=N\NC(=O)c2cccc(Cl)c2)cc(Cl)c1OS(=O)(=O)c1ccc(C)cc1. The van der Waals surface area contributed by atoms with Crippen LogP contribution in [-0.4, -0.2) is 27.6 Å². The molecule has 0 atom stereocenters. The van der Waals surface area contributed by atoms with Crippen molar-refractivity contribution in [2.75, 3.05) is 7.11 Å². The molecule has 0 fully saturated rings. The van der Waals surface area contributed by atoms with Crippen LogP contribution in [0.25, 0.3) is 0 Å². The Morgan fingerprint density at radius 1 is 1.06 bits per heavy atom. The van der Waals surface area contributed by atoms with E-state index in [2.05, 4.69) is 10.5 Å². The monoisotopic (exact) mass is 492 g/mol. The average molecular weight is 493 g/mol. The zero-order valence-corrected chi connectivity index (χ0v) is 19.3. The summed E-state index contributed by atoms with van der Waals surface area (Å²) in [4.78, 5) is 12.1. The van der Waals surface area contributed by atoms with E-state index in [1.807, 2.05) is 6.92 Å². The molecule has 0 unspecified atom stereocenters. The van der Waals surface area contributed by atoms with Crippen molar-refractivity contribution in [3.8, 4) is 11.5 Å². The molecule has 1 amide bonds. The maximum absolute atomic E-state index is 12.6. The quantitative estimate of drug-likeness (QED) is 0.289. The summed E-state index contributed by atoms with van der Waals surface area (Å²) in [5.41, 5.74) is 4.07. The number of benzene rings is 3. The van der Waals surface area contributed by atoms with Crippen LogP contribution in [0, 0.1) is 6.92 Å². The van der Waals surface area contributed by atoms with Gasteiger partial charge in [-0.2, -0.15) is 13.5 Å². The van der Waals surface area contributed by atoms with Crippen LogP contribution in [0.1, 0.15) is 21.5 Å². The molecule has 0 aliphatic rings. The van der Waals surface area contributed by atoms with Gasteiger partial charge in [-0.05, 0) is 55.0 Å². The molecule has 0 heterocycles. The smallest absolute Gasteiger partial charge is 0.339 e. The van der Waals surface area contributed by atoms with Gasteiger partial charge in [0.25, 0.3) is 5.91 Å². The minimum absolute atomic E-state index is 0.0114. The van der Waals surface area contributed by atoms with Crippen molar-refractivity contribution in [1.82, 2.24) is 5.43 Å². The zero-order valence-electron chi connectivity index (χ0n) is 17.0. The third-order valence-corrected chi connectivity index (χ3v) is 5.97. The van der Waals surface area contributed by atoms with Gasteiger partial charge in [0.1, 0.15) is 4.90 Å². The van der Waals surface area contributed by atoms with E-state index in [0.29, 0.717) is 16.1 Å². The van der Waals surface area contributed by atoms with E-state index < -0.39 is 16.0 Å². The van der Waals surface area contributed by atoms with Crippen molar-refractivity contribution in [1.29, 1.82) is 0 Å². The third kappa shape index (κ3) is 5.79. The lowest BCUT2D eigenvalue weighted by Gasteiger charge is -2.13. The molecule has 0 spiro atoms. The van der Waals surface area contributed by atoms with E-state index in [0.717, 1.165) is 5.56 Å². The number of nitrogens with one attached hydrogen (secondary N) is 1. The molecule has 0 aromatic heterocycles. The highest BCUT2D eigenvalue weighted by atomic mass is 35.5. The molecular weight excluding hydrogens is 475 g/mol. The molecule has 0 radical (unpaired) electrons. The van der Waals surface area contributed by atoms with Crippen molar-refractivity contribution in [3.05, 3.63) is 87.4 Å². The average Bonchev–Trinajstić information content (AvgIpc) is 2.75. The molecule has 3 aromatic rings. The topological polar surface area (TPSA) is 94.1 Å². The van der Waals surface area contributed by atoms with Gasteiger partial charge >= 0.3 is 10.1 Å². The largest absolute Gasteiger partial charge is 0.493 e. The molecule has 32 heavy (non-hydrogen) atoms. The van der Waals surface area contributed by atoms with Crippen molar-refractivity contribution >= 4 is 45.4 Å². The molecule has 166 valence electrons. The molecular formula is C22H18Cl2N2O5S. The number of hydrogen-bond acceptors (Lipinski definition) is 6. The Labute approximate surface area is 195 Å². The van der Waals surface area contributed by atoms with Crippen LogP contribution in [0.3, 0.4) is 0 Å². The number of rotatable bonds is 7. The van der Waals surface area contributed by atoms with Gasteiger partial charge < -0.3 is 8.92 Å². The summed E-state index contributed by atoms with van der Waals surface area (Å²) < 4.78 is 35.7. The molecule has 0 saturated heterocycles. The van der Waals surface area contributed by atoms with Gasteiger partial charge in [-0.25, -0.2) is 5.43 Å². The standard InChI is InChI=1S/C22H18Cl2N2O5S/c1-14-6-8-18(9-7-14)32(28,29)31-21-19(24)10-15(11-20(21)30-2)13-25-26-22(27)16-4-3-5-17(23)12-16/h3-13H,1-2H3,(H,26,27)/b25-13-. The summed E-state index contributed by atoms with van der Waals surface area (Å²) in [5.74, 6) is -0.531. The Morgan fingerprint density at radius 3 is 2.44 bits per heavy atom. The summed E-state index contributed by atoms with van der Waals surface area (Å²) in [6.07, 6.45) is 1.33. The molecule has 0 saturated carbocycles. The summed E-state index contributed by atoms with van der Waals surface area (Å²) in [6, 6.07) is 15.5. The highest BCUT2D eigenvalue weighted by Crippen LogP contribution is 2.38. The number of halogens is 2. The number of methoxy groups -OCH3 is 1. The maximum atomic E-state index is 12.6. The van der Waals surface area contributed by atoms with Gasteiger partial charge in [-0.1, -0.05) is 47.0 Å². The first-order valence-corrected chi connectivity index (χ1v) is 11.3. The molecule has 0 aliphatic carbocycles. The number of amides is 1. The Hall–Kier alpha value is -3.07. The molecule has 0 bridgehead atoms. The van der Waals surface area contributed by atoms with Gasteiger partial charge in [-0.3, -0.25) is 4.79 Å². The minimum atomic E-state index is -4.13. The van der Waals surface area contributed by atoms with Crippen LogP contribution in [0.15, 0.2) is 70.7 Å². The van der Waals surface area contributed by atoms with Crippen LogP contribution >= 0.6 is 23.2 Å². The number of aryl methyl sites for hydroxylation is 1. The van der Waals surface area contributed by atoms with Gasteiger partial charge in [0.2, 0.25) is 5.75 Å². The molecule has 1 N–H and O–H groups in total. The number of hydrogen-bond donors (Lipinski definition) is 1.